The van der Waals surface area contributed by atoms with Gasteiger partial charge < -0.3 is 10.1 Å². The van der Waals surface area contributed by atoms with Gasteiger partial charge in [0.15, 0.2) is 9.84 Å². The van der Waals surface area contributed by atoms with Gasteiger partial charge in [0.25, 0.3) is 0 Å². The predicted molar refractivity (Wildman–Crippen MR) is 76.4 cm³/mol. The summed E-state index contributed by atoms with van der Waals surface area (Å²) >= 11 is 0. The molecule has 106 valence electrons. The number of nitrogens with one attached hydrogen (secondary N) is 1. The second-order valence-electron chi connectivity index (χ2n) is 4.92. The molecule has 1 aliphatic heterocycles. The number of sulfone groups is 1. The predicted octanol–water partition coefficient (Wildman–Crippen LogP) is 1.40. The molecule has 0 unspecified atom stereocenters. The minimum atomic E-state index is -2.98. The fourth-order valence-electron chi connectivity index (χ4n) is 2.41. The Bertz CT molecular complexity index is 507. The molecule has 0 saturated carbocycles. The van der Waals surface area contributed by atoms with Crippen LogP contribution in [0.15, 0.2) is 24.3 Å². The third-order valence-corrected chi connectivity index (χ3v) is 5.86. The number of benzene rings is 1. The Balaban J connectivity index is 1.96. The van der Waals surface area contributed by atoms with Gasteiger partial charge in [-0.3, -0.25) is 0 Å². The Kier molecular flexibility index (Phi) is 4.82. The van der Waals surface area contributed by atoms with Crippen LogP contribution >= 0.6 is 0 Å². The molecule has 4 nitrogen and oxygen atoms in total. The molecule has 1 heterocycles. The third kappa shape index (κ3) is 3.94. The van der Waals surface area contributed by atoms with E-state index in [9.17, 15) is 8.42 Å². The smallest absolute Gasteiger partial charge is 0.153 e. The van der Waals surface area contributed by atoms with Crippen LogP contribution in [0, 0.1) is 0 Å². The van der Waals surface area contributed by atoms with Crippen LogP contribution in [0.3, 0.4) is 0 Å². The van der Waals surface area contributed by atoms with E-state index in [1.54, 1.807) is 7.11 Å². The van der Waals surface area contributed by atoms with Crippen molar-refractivity contribution in [3.63, 3.8) is 0 Å². The standard InChI is InChI=1S/C14H21NO3S/c1-18-13-4-2-3-12(11-13)7-10-19(16,17)14-5-8-15-9-6-14/h2-4,11,14-15H,5-10H2,1H3. The first-order valence-corrected chi connectivity index (χ1v) is 8.38. The van der Waals surface area contributed by atoms with Crippen molar-refractivity contribution in [2.24, 2.45) is 0 Å². The number of hydrogen-bond acceptors (Lipinski definition) is 4. The monoisotopic (exact) mass is 283 g/mol. The SMILES string of the molecule is COc1cccc(CCS(=O)(=O)C2CCNCC2)c1. The van der Waals surface area contributed by atoms with Gasteiger partial charge in [0, 0.05) is 0 Å². The number of ether oxygens (including phenoxy) is 1. The lowest BCUT2D eigenvalue weighted by molar-refractivity contribution is 0.414. The van der Waals surface area contributed by atoms with Crippen LogP contribution < -0.4 is 10.1 Å². The fourth-order valence-corrected chi connectivity index (χ4v) is 4.22. The first-order chi connectivity index (χ1) is 9.12. The summed E-state index contributed by atoms with van der Waals surface area (Å²) in [6.07, 6.45) is 2.03. The van der Waals surface area contributed by atoms with E-state index < -0.39 is 9.84 Å². The van der Waals surface area contributed by atoms with E-state index in [1.807, 2.05) is 24.3 Å². The van der Waals surface area contributed by atoms with Crippen molar-refractivity contribution in [2.45, 2.75) is 24.5 Å². The van der Waals surface area contributed by atoms with Crippen molar-refractivity contribution < 1.29 is 13.2 Å². The highest BCUT2D eigenvalue weighted by molar-refractivity contribution is 7.92. The number of rotatable bonds is 5. The maximum Gasteiger partial charge on any atom is 0.153 e. The molecule has 1 N–H and O–H groups in total. The molecule has 5 heteroatoms. The molecule has 0 bridgehead atoms. The lowest BCUT2D eigenvalue weighted by atomic mass is 10.1. The second kappa shape index (κ2) is 6.39. The molecule has 0 spiro atoms. The van der Waals surface area contributed by atoms with Crippen LogP contribution in [0.2, 0.25) is 0 Å². The zero-order valence-corrected chi connectivity index (χ0v) is 12.1. The summed E-state index contributed by atoms with van der Waals surface area (Å²) in [4.78, 5) is 0. The van der Waals surface area contributed by atoms with Crippen molar-refractivity contribution in [1.82, 2.24) is 5.32 Å². The van der Waals surface area contributed by atoms with E-state index in [4.69, 9.17) is 4.74 Å². The molecular formula is C14H21NO3S. The number of hydrogen-bond donors (Lipinski definition) is 1. The van der Waals surface area contributed by atoms with Gasteiger partial charge in [0.2, 0.25) is 0 Å². The molecular weight excluding hydrogens is 262 g/mol. The highest BCUT2D eigenvalue weighted by Crippen LogP contribution is 2.17. The van der Waals surface area contributed by atoms with Gasteiger partial charge in [-0.15, -0.1) is 0 Å². The number of aryl methyl sites for hydroxylation is 1. The minimum Gasteiger partial charge on any atom is -0.497 e. The van der Waals surface area contributed by atoms with Crippen molar-refractivity contribution in [1.29, 1.82) is 0 Å². The summed E-state index contributed by atoms with van der Waals surface area (Å²) in [6.45, 7) is 1.62. The number of piperidine rings is 1. The van der Waals surface area contributed by atoms with Gasteiger partial charge >= 0.3 is 0 Å². The topological polar surface area (TPSA) is 55.4 Å². The molecule has 19 heavy (non-hydrogen) atoms. The third-order valence-electron chi connectivity index (χ3n) is 3.60. The normalized spacial score (nSPS) is 17.3. The average Bonchev–Trinajstić information content (AvgIpc) is 2.46. The van der Waals surface area contributed by atoms with Crippen LogP contribution in [-0.2, 0) is 16.3 Å². The van der Waals surface area contributed by atoms with Crippen LogP contribution in [0.25, 0.3) is 0 Å². The summed E-state index contributed by atoms with van der Waals surface area (Å²) in [6, 6.07) is 7.61. The molecule has 2 rings (SSSR count). The van der Waals surface area contributed by atoms with E-state index >= 15 is 0 Å². The molecule has 1 fully saturated rings. The largest absolute Gasteiger partial charge is 0.497 e. The van der Waals surface area contributed by atoms with Gasteiger partial charge in [-0.2, -0.15) is 0 Å². The van der Waals surface area contributed by atoms with E-state index in [2.05, 4.69) is 5.32 Å². The van der Waals surface area contributed by atoms with E-state index in [1.165, 1.54) is 0 Å². The summed E-state index contributed by atoms with van der Waals surface area (Å²) in [5.74, 6) is 1.00. The molecule has 0 amide bonds. The van der Waals surface area contributed by atoms with Gasteiger partial charge in [-0.25, -0.2) is 8.42 Å². The molecule has 1 aromatic carbocycles. The Morgan fingerprint density at radius 2 is 2.05 bits per heavy atom. The van der Waals surface area contributed by atoms with Gasteiger partial charge in [-0.1, -0.05) is 12.1 Å². The molecule has 1 saturated heterocycles. The molecule has 0 aliphatic carbocycles. The molecule has 1 aromatic rings. The number of methoxy groups -OCH3 is 1. The summed E-state index contributed by atoms with van der Waals surface area (Å²) in [5.41, 5.74) is 1.01. The van der Waals surface area contributed by atoms with Crippen LogP contribution in [0.5, 0.6) is 5.75 Å². The van der Waals surface area contributed by atoms with Crippen molar-refractivity contribution in [3.05, 3.63) is 29.8 Å². The fraction of sp³-hybridized carbons (Fsp3) is 0.571. The van der Waals surface area contributed by atoms with Gasteiger partial charge in [-0.05, 0) is 50.0 Å². The van der Waals surface area contributed by atoms with E-state index in [-0.39, 0.29) is 11.0 Å². The van der Waals surface area contributed by atoms with Crippen LogP contribution in [-0.4, -0.2) is 39.6 Å². The second-order valence-corrected chi connectivity index (χ2v) is 7.32. The summed E-state index contributed by atoms with van der Waals surface area (Å²) < 4.78 is 29.7. The van der Waals surface area contributed by atoms with Crippen LogP contribution in [0.1, 0.15) is 18.4 Å². The average molecular weight is 283 g/mol. The molecule has 0 atom stereocenters. The molecule has 0 aromatic heterocycles. The first-order valence-electron chi connectivity index (χ1n) is 6.67. The highest BCUT2D eigenvalue weighted by Gasteiger charge is 2.26. The van der Waals surface area contributed by atoms with Crippen molar-refractivity contribution >= 4 is 9.84 Å². The van der Waals surface area contributed by atoms with Crippen molar-refractivity contribution in [2.75, 3.05) is 26.0 Å². The molecule has 1 aliphatic rings. The van der Waals surface area contributed by atoms with Gasteiger partial charge in [0.1, 0.15) is 5.75 Å². The van der Waals surface area contributed by atoms with E-state index in [0.717, 1.165) is 37.2 Å². The first kappa shape index (κ1) is 14.3. The minimum absolute atomic E-state index is 0.167. The summed E-state index contributed by atoms with van der Waals surface area (Å²) in [5, 5.41) is 3.03. The van der Waals surface area contributed by atoms with Gasteiger partial charge in [0.05, 0.1) is 18.1 Å². The Morgan fingerprint density at radius 1 is 1.32 bits per heavy atom. The van der Waals surface area contributed by atoms with Crippen LogP contribution in [0.4, 0.5) is 0 Å². The molecule has 0 radical (unpaired) electrons. The lowest BCUT2D eigenvalue weighted by Gasteiger charge is -2.22. The Morgan fingerprint density at radius 3 is 2.74 bits per heavy atom. The lowest BCUT2D eigenvalue weighted by Crippen LogP contribution is -2.37. The maximum atomic E-state index is 12.3. The maximum absolute atomic E-state index is 12.3. The van der Waals surface area contributed by atoms with E-state index in [0.29, 0.717) is 6.42 Å². The zero-order valence-electron chi connectivity index (χ0n) is 11.3. The highest BCUT2D eigenvalue weighted by atomic mass is 32.2. The summed E-state index contributed by atoms with van der Waals surface area (Å²) in [7, 11) is -1.37. The quantitative estimate of drug-likeness (QED) is 0.887. The Hall–Kier alpha value is -1.07. The Labute approximate surface area is 115 Å². The van der Waals surface area contributed by atoms with Crippen molar-refractivity contribution in [3.8, 4) is 5.75 Å². The zero-order chi connectivity index (χ0) is 13.7.